The first kappa shape index (κ1) is 15.7. The van der Waals surface area contributed by atoms with Crippen LogP contribution in [0.1, 0.15) is 41.0 Å². The molecule has 0 fully saturated rings. The fraction of sp³-hybridized carbons (Fsp3) is 0.333. The van der Waals surface area contributed by atoms with E-state index in [1.165, 1.54) is 11.3 Å². The van der Waals surface area contributed by atoms with Crippen molar-refractivity contribution in [3.05, 3.63) is 44.8 Å². The highest BCUT2D eigenvalue weighted by atomic mass is 32.1. The number of rotatable bonds is 7. The lowest BCUT2D eigenvalue weighted by atomic mass is 10.2. The standard InChI is InChI=1S/C15H18N2O2S2/c1-11(13-4-3-8-21-13)17-14(18)5-2-7-16-15(19)12-6-9-20-10-12/h3-4,6,8-11H,2,5,7H2,1H3,(H,16,19)(H,17,18). The zero-order valence-electron chi connectivity index (χ0n) is 11.8. The van der Waals surface area contributed by atoms with Crippen LogP contribution < -0.4 is 10.6 Å². The highest BCUT2D eigenvalue weighted by Gasteiger charge is 2.10. The summed E-state index contributed by atoms with van der Waals surface area (Å²) in [6.07, 6.45) is 1.05. The molecule has 0 saturated heterocycles. The maximum Gasteiger partial charge on any atom is 0.252 e. The summed E-state index contributed by atoms with van der Waals surface area (Å²) in [6.45, 7) is 2.48. The minimum atomic E-state index is -0.0800. The summed E-state index contributed by atoms with van der Waals surface area (Å²) in [6, 6.07) is 5.81. The van der Waals surface area contributed by atoms with Gasteiger partial charge in [0.15, 0.2) is 0 Å². The molecule has 2 rings (SSSR count). The molecule has 1 unspecified atom stereocenters. The van der Waals surface area contributed by atoms with Gasteiger partial charge in [0, 0.05) is 28.8 Å². The summed E-state index contributed by atoms with van der Waals surface area (Å²) in [7, 11) is 0. The van der Waals surface area contributed by atoms with Crippen LogP contribution in [0.4, 0.5) is 0 Å². The van der Waals surface area contributed by atoms with Gasteiger partial charge in [-0.1, -0.05) is 6.07 Å². The molecule has 6 heteroatoms. The lowest BCUT2D eigenvalue weighted by Gasteiger charge is -2.12. The highest BCUT2D eigenvalue weighted by molar-refractivity contribution is 7.10. The van der Waals surface area contributed by atoms with Crippen LogP contribution in [-0.4, -0.2) is 18.4 Å². The Balaban J connectivity index is 1.62. The quantitative estimate of drug-likeness (QED) is 0.769. The molecule has 112 valence electrons. The lowest BCUT2D eigenvalue weighted by molar-refractivity contribution is -0.121. The molecule has 0 bridgehead atoms. The molecule has 4 nitrogen and oxygen atoms in total. The van der Waals surface area contributed by atoms with Crippen molar-refractivity contribution in [2.24, 2.45) is 0 Å². The van der Waals surface area contributed by atoms with Crippen LogP contribution in [0.3, 0.4) is 0 Å². The second kappa shape index (κ2) is 7.95. The average Bonchev–Trinajstić information content (AvgIpc) is 3.15. The maximum absolute atomic E-state index is 11.8. The Morgan fingerprint density at radius 3 is 2.81 bits per heavy atom. The minimum absolute atomic E-state index is 0.0145. The maximum atomic E-state index is 11.8. The number of thiophene rings is 2. The molecule has 2 amide bonds. The molecule has 0 saturated carbocycles. The summed E-state index contributed by atoms with van der Waals surface area (Å²) < 4.78 is 0. The Morgan fingerprint density at radius 2 is 2.14 bits per heavy atom. The first-order valence-corrected chi connectivity index (χ1v) is 8.62. The van der Waals surface area contributed by atoms with E-state index >= 15 is 0 Å². The molecule has 1 atom stereocenters. The van der Waals surface area contributed by atoms with Crippen molar-refractivity contribution in [1.82, 2.24) is 10.6 Å². The molecular formula is C15H18N2O2S2. The molecule has 0 spiro atoms. The van der Waals surface area contributed by atoms with Gasteiger partial charge in [-0.25, -0.2) is 0 Å². The summed E-state index contributed by atoms with van der Waals surface area (Å²) in [5, 5.41) is 11.4. The number of amides is 2. The SMILES string of the molecule is CC(NC(=O)CCCNC(=O)c1ccsc1)c1cccs1. The number of hydrogen-bond acceptors (Lipinski definition) is 4. The van der Waals surface area contributed by atoms with E-state index in [2.05, 4.69) is 10.6 Å². The average molecular weight is 322 g/mol. The van der Waals surface area contributed by atoms with Crippen LogP contribution in [-0.2, 0) is 4.79 Å². The summed E-state index contributed by atoms with van der Waals surface area (Å²) in [4.78, 5) is 24.6. The van der Waals surface area contributed by atoms with Gasteiger partial charge in [-0.3, -0.25) is 9.59 Å². The van der Waals surface area contributed by atoms with E-state index in [-0.39, 0.29) is 17.9 Å². The van der Waals surface area contributed by atoms with Crippen molar-refractivity contribution < 1.29 is 9.59 Å². The van der Waals surface area contributed by atoms with Crippen LogP contribution in [0.15, 0.2) is 34.3 Å². The van der Waals surface area contributed by atoms with E-state index in [1.54, 1.807) is 17.4 Å². The topological polar surface area (TPSA) is 58.2 Å². The number of carbonyl (C=O) groups is 2. The molecule has 21 heavy (non-hydrogen) atoms. The van der Waals surface area contributed by atoms with Crippen molar-refractivity contribution in [3.63, 3.8) is 0 Å². The zero-order chi connectivity index (χ0) is 15.1. The number of nitrogens with one attached hydrogen (secondary N) is 2. The van der Waals surface area contributed by atoms with Gasteiger partial charge in [-0.15, -0.1) is 11.3 Å². The monoisotopic (exact) mass is 322 g/mol. The third-order valence-electron chi connectivity index (χ3n) is 3.00. The van der Waals surface area contributed by atoms with Gasteiger partial charge in [0.25, 0.3) is 5.91 Å². The smallest absolute Gasteiger partial charge is 0.252 e. The van der Waals surface area contributed by atoms with Gasteiger partial charge in [0.05, 0.1) is 6.04 Å². The first-order valence-electron chi connectivity index (χ1n) is 6.80. The molecule has 0 aliphatic rings. The van der Waals surface area contributed by atoms with E-state index in [0.717, 1.165) is 4.88 Å². The Kier molecular flexibility index (Phi) is 5.95. The second-order valence-electron chi connectivity index (χ2n) is 4.68. The molecular weight excluding hydrogens is 304 g/mol. The van der Waals surface area contributed by atoms with Crippen molar-refractivity contribution in [3.8, 4) is 0 Å². The fourth-order valence-corrected chi connectivity index (χ4v) is 3.24. The van der Waals surface area contributed by atoms with E-state index < -0.39 is 0 Å². The fourth-order valence-electron chi connectivity index (χ4n) is 1.87. The highest BCUT2D eigenvalue weighted by Crippen LogP contribution is 2.18. The van der Waals surface area contributed by atoms with Crippen molar-refractivity contribution in [2.75, 3.05) is 6.54 Å². The van der Waals surface area contributed by atoms with E-state index in [9.17, 15) is 9.59 Å². The lowest BCUT2D eigenvalue weighted by Crippen LogP contribution is -2.28. The Labute approximate surface area is 132 Å². The van der Waals surface area contributed by atoms with Crippen molar-refractivity contribution >= 4 is 34.5 Å². The molecule has 0 radical (unpaired) electrons. The van der Waals surface area contributed by atoms with E-state index in [1.807, 2.05) is 35.2 Å². The molecule has 0 aliphatic heterocycles. The van der Waals surface area contributed by atoms with Gasteiger partial charge in [0.2, 0.25) is 5.91 Å². The predicted octanol–water partition coefficient (Wildman–Crippen LogP) is 3.20. The number of hydrogen-bond donors (Lipinski definition) is 2. The van der Waals surface area contributed by atoms with Crippen molar-refractivity contribution in [2.45, 2.75) is 25.8 Å². The molecule has 0 aliphatic carbocycles. The van der Waals surface area contributed by atoms with E-state index in [0.29, 0.717) is 24.9 Å². The second-order valence-corrected chi connectivity index (χ2v) is 6.44. The number of carbonyl (C=O) groups excluding carboxylic acids is 2. The Morgan fingerprint density at radius 1 is 1.29 bits per heavy atom. The summed E-state index contributed by atoms with van der Waals surface area (Å²) in [5.41, 5.74) is 0.677. The third-order valence-corrected chi connectivity index (χ3v) is 4.74. The van der Waals surface area contributed by atoms with Gasteiger partial charge >= 0.3 is 0 Å². The van der Waals surface area contributed by atoms with Gasteiger partial charge in [0.1, 0.15) is 0 Å². The largest absolute Gasteiger partial charge is 0.352 e. The summed E-state index contributed by atoms with van der Waals surface area (Å²) >= 11 is 3.13. The van der Waals surface area contributed by atoms with Crippen LogP contribution in [0.5, 0.6) is 0 Å². The van der Waals surface area contributed by atoms with Gasteiger partial charge in [-0.05, 0) is 36.2 Å². The summed E-state index contributed by atoms with van der Waals surface area (Å²) in [5.74, 6) is -0.0655. The predicted molar refractivity (Wildman–Crippen MR) is 86.8 cm³/mol. The molecule has 2 heterocycles. The Hall–Kier alpha value is -1.66. The van der Waals surface area contributed by atoms with Crippen LogP contribution in [0.2, 0.25) is 0 Å². The van der Waals surface area contributed by atoms with Gasteiger partial charge < -0.3 is 10.6 Å². The third kappa shape index (κ3) is 4.99. The Bertz CT molecular complexity index is 565. The van der Waals surface area contributed by atoms with Crippen molar-refractivity contribution in [1.29, 1.82) is 0 Å². The molecule has 2 aromatic rings. The van der Waals surface area contributed by atoms with Crippen LogP contribution in [0.25, 0.3) is 0 Å². The molecule has 0 aromatic carbocycles. The molecule has 2 aromatic heterocycles. The van der Waals surface area contributed by atoms with E-state index in [4.69, 9.17) is 0 Å². The molecule has 2 N–H and O–H groups in total. The first-order chi connectivity index (χ1) is 10.2. The van der Waals surface area contributed by atoms with Crippen LogP contribution >= 0.6 is 22.7 Å². The normalized spacial score (nSPS) is 11.9. The zero-order valence-corrected chi connectivity index (χ0v) is 13.4. The van der Waals surface area contributed by atoms with Gasteiger partial charge in [-0.2, -0.15) is 11.3 Å². The minimum Gasteiger partial charge on any atom is -0.352 e. The van der Waals surface area contributed by atoms with Crippen LogP contribution in [0, 0.1) is 0 Å².